The largest absolute Gasteiger partial charge is 0.488 e. The molecule has 0 amide bonds. The number of rotatable bonds is 7. The first-order valence-corrected chi connectivity index (χ1v) is 9.68. The van der Waals surface area contributed by atoms with E-state index >= 15 is 0 Å². The molecule has 1 saturated heterocycles. The minimum atomic E-state index is -0.854. The summed E-state index contributed by atoms with van der Waals surface area (Å²) in [4.78, 5) is 0. The van der Waals surface area contributed by atoms with Crippen LogP contribution in [-0.2, 0) is 9.47 Å². The molecule has 0 atom stereocenters. The van der Waals surface area contributed by atoms with Crippen LogP contribution in [-0.4, -0.2) is 19.8 Å². The van der Waals surface area contributed by atoms with E-state index in [4.69, 9.17) is 14.2 Å². The van der Waals surface area contributed by atoms with Gasteiger partial charge in [-0.1, -0.05) is 32.4 Å². The lowest BCUT2D eigenvalue weighted by molar-refractivity contribution is -0.206. The molecule has 1 fully saturated rings. The molecule has 2 aromatic rings. The molecule has 0 aromatic heterocycles. The Balaban J connectivity index is 1.78. The Hall–Kier alpha value is -2.05. The summed E-state index contributed by atoms with van der Waals surface area (Å²) in [6.45, 7) is 5.28. The quantitative estimate of drug-likeness (QED) is 0.575. The van der Waals surface area contributed by atoms with Gasteiger partial charge in [0, 0.05) is 17.0 Å². The van der Waals surface area contributed by atoms with Crippen molar-refractivity contribution in [3.8, 4) is 16.9 Å². The van der Waals surface area contributed by atoms with E-state index in [2.05, 4.69) is 6.92 Å². The summed E-state index contributed by atoms with van der Waals surface area (Å²) in [6.07, 6.45) is 2.08. The first kappa shape index (κ1) is 20.7. The molecular weight excluding hydrogens is 369 g/mol. The van der Waals surface area contributed by atoms with Gasteiger partial charge in [-0.25, -0.2) is 13.2 Å². The zero-order valence-electron chi connectivity index (χ0n) is 16.1. The van der Waals surface area contributed by atoms with E-state index in [-0.39, 0.29) is 17.7 Å². The second-order valence-electron chi connectivity index (χ2n) is 7.01. The SMILES string of the molecule is CCCOc1c(F)cc(-c2ccc(C3OCC(CCC)CO3)cc2F)cc1F. The Morgan fingerprint density at radius 2 is 1.61 bits per heavy atom. The van der Waals surface area contributed by atoms with Gasteiger partial charge in [-0.2, -0.15) is 0 Å². The number of halogens is 3. The average molecular weight is 394 g/mol. The molecule has 0 unspecified atom stereocenters. The summed E-state index contributed by atoms with van der Waals surface area (Å²) >= 11 is 0. The molecule has 0 radical (unpaired) electrons. The molecule has 152 valence electrons. The van der Waals surface area contributed by atoms with Crippen LogP contribution in [0.2, 0.25) is 0 Å². The average Bonchev–Trinajstić information content (AvgIpc) is 2.68. The third-order valence-electron chi connectivity index (χ3n) is 4.69. The van der Waals surface area contributed by atoms with Gasteiger partial charge >= 0.3 is 0 Å². The molecule has 0 bridgehead atoms. The number of ether oxygens (including phenoxy) is 3. The molecule has 3 rings (SSSR count). The van der Waals surface area contributed by atoms with Crippen molar-refractivity contribution in [1.82, 2.24) is 0 Å². The Morgan fingerprint density at radius 3 is 2.18 bits per heavy atom. The predicted molar refractivity (Wildman–Crippen MR) is 101 cm³/mol. The van der Waals surface area contributed by atoms with Crippen LogP contribution in [0.15, 0.2) is 30.3 Å². The molecule has 0 aliphatic carbocycles. The second-order valence-corrected chi connectivity index (χ2v) is 7.01. The summed E-state index contributed by atoms with van der Waals surface area (Å²) in [5, 5.41) is 0. The van der Waals surface area contributed by atoms with Crippen LogP contribution in [0.4, 0.5) is 13.2 Å². The lowest BCUT2D eigenvalue weighted by Gasteiger charge is -2.29. The fourth-order valence-corrected chi connectivity index (χ4v) is 3.28. The normalized spacial score (nSPS) is 19.6. The first-order chi connectivity index (χ1) is 13.5. The molecule has 0 N–H and O–H groups in total. The van der Waals surface area contributed by atoms with Gasteiger partial charge in [0.05, 0.1) is 19.8 Å². The van der Waals surface area contributed by atoms with Crippen molar-refractivity contribution in [3.05, 3.63) is 53.3 Å². The minimum absolute atomic E-state index is 0.100. The molecular formula is C22H25F3O3. The van der Waals surface area contributed by atoms with Crippen LogP contribution >= 0.6 is 0 Å². The Morgan fingerprint density at radius 1 is 0.929 bits per heavy atom. The van der Waals surface area contributed by atoms with E-state index in [1.165, 1.54) is 12.1 Å². The van der Waals surface area contributed by atoms with Crippen molar-refractivity contribution in [2.24, 2.45) is 5.92 Å². The summed E-state index contributed by atoms with van der Waals surface area (Å²) in [5.41, 5.74) is 0.750. The first-order valence-electron chi connectivity index (χ1n) is 9.68. The maximum atomic E-state index is 14.7. The monoisotopic (exact) mass is 394 g/mol. The molecule has 3 nitrogen and oxygen atoms in total. The van der Waals surface area contributed by atoms with E-state index in [9.17, 15) is 13.2 Å². The molecule has 1 heterocycles. The van der Waals surface area contributed by atoms with Gasteiger partial charge in [-0.15, -0.1) is 0 Å². The highest BCUT2D eigenvalue weighted by Gasteiger charge is 2.24. The van der Waals surface area contributed by atoms with Gasteiger partial charge < -0.3 is 14.2 Å². The second kappa shape index (κ2) is 9.43. The Kier molecular flexibility index (Phi) is 6.97. The fraction of sp³-hybridized carbons (Fsp3) is 0.455. The molecule has 1 aliphatic heterocycles. The van der Waals surface area contributed by atoms with Gasteiger partial charge in [0.1, 0.15) is 5.82 Å². The van der Waals surface area contributed by atoms with Crippen LogP contribution in [0.3, 0.4) is 0 Å². The van der Waals surface area contributed by atoms with Gasteiger partial charge in [0.15, 0.2) is 23.7 Å². The fourth-order valence-electron chi connectivity index (χ4n) is 3.28. The van der Waals surface area contributed by atoms with Crippen LogP contribution in [0.25, 0.3) is 11.1 Å². The van der Waals surface area contributed by atoms with Crippen LogP contribution in [0.5, 0.6) is 5.75 Å². The van der Waals surface area contributed by atoms with Crippen molar-refractivity contribution in [3.63, 3.8) is 0 Å². The van der Waals surface area contributed by atoms with E-state index in [0.717, 1.165) is 25.0 Å². The highest BCUT2D eigenvalue weighted by atomic mass is 19.1. The van der Waals surface area contributed by atoms with Crippen LogP contribution in [0.1, 0.15) is 45.0 Å². The van der Waals surface area contributed by atoms with Gasteiger partial charge in [0.2, 0.25) is 0 Å². The van der Waals surface area contributed by atoms with E-state index in [1.807, 2.05) is 6.92 Å². The van der Waals surface area contributed by atoms with E-state index in [1.54, 1.807) is 6.07 Å². The molecule has 0 spiro atoms. The highest BCUT2D eigenvalue weighted by Crippen LogP contribution is 2.33. The van der Waals surface area contributed by atoms with Crippen molar-refractivity contribution < 1.29 is 27.4 Å². The summed E-state index contributed by atoms with van der Waals surface area (Å²) in [5.74, 6) is -2.39. The molecule has 2 aromatic carbocycles. The van der Waals surface area contributed by atoms with E-state index < -0.39 is 29.5 Å². The van der Waals surface area contributed by atoms with Crippen molar-refractivity contribution in [2.45, 2.75) is 39.4 Å². The van der Waals surface area contributed by atoms with Gasteiger partial charge in [0.25, 0.3) is 0 Å². The molecule has 28 heavy (non-hydrogen) atoms. The van der Waals surface area contributed by atoms with Crippen LogP contribution < -0.4 is 4.74 Å². The number of benzene rings is 2. The number of hydrogen-bond donors (Lipinski definition) is 0. The predicted octanol–water partition coefficient (Wildman–Crippen LogP) is 6.02. The topological polar surface area (TPSA) is 27.7 Å². The van der Waals surface area contributed by atoms with E-state index in [0.29, 0.717) is 31.1 Å². The lowest BCUT2D eigenvalue weighted by atomic mass is 10.0. The maximum absolute atomic E-state index is 14.7. The zero-order chi connectivity index (χ0) is 20.1. The van der Waals surface area contributed by atoms with Crippen LogP contribution in [0, 0.1) is 23.4 Å². The van der Waals surface area contributed by atoms with Crippen molar-refractivity contribution in [2.75, 3.05) is 19.8 Å². The van der Waals surface area contributed by atoms with Crippen molar-refractivity contribution in [1.29, 1.82) is 0 Å². The third kappa shape index (κ3) is 4.67. The minimum Gasteiger partial charge on any atom is -0.488 e. The smallest absolute Gasteiger partial charge is 0.190 e. The highest BCUT2D eigenvalue weighted by molar-refractivity contribution is 5.66. The zero-order valence-corrected chi connectivity index (χ0v) is 16.1. The summed E-state index contributed by atoms with van der Waals surface area (Å²) in [7, 11) is 0. The molecule has 6 heteroatoms. The number of hydrogen-bond acceptors (Lipinski definition) is 3. The van der Waals surface area contributed by atoms with Gasteiger partial charge in [-0.05, 0) is 36.6 Å². The summed E-state index contributed by atoms with van der Waals surface area (Å²) in [6, 6.07) is 6.58. The standard InChI is InChI=1S/C22H25F3O3/c1-3-5-14-12-27-22(28-13-14)15-6-7-17(18(23)9-15)16-10-19(24)21(20(25)11-16)26-8-4-2/h6-7,9-11,14,22H,3-5,8,12-13H2,1-2H3. The summed E-state index contributed by atoms with van der Waals surface area (Å²) < 4.78 is 59.5. The molecule has 1 aliphatic rings. The lowest BCUT2D eigenvalue weighted by Crippen LogP contribution is -2.27. The van der Waals surface area contributed by atoms with Gasteiger partial charge in [-0.3, -0.25) is 0 Å². The Bertz CT molecular complexity index is 779. The Labute approximate surface area is 163 Å². The molecule has 0 saturated carbocycles. The van der Waals surface area contributed by atoms with Crippen molar-refractivity contribution >= 4 is 0 Å². The maximum Gasteiger partial charge on any atom is 0.190 e. The third-order valence-corrected chi connectivity index (χ3v) is 4.69.